The Balaban J connectivity index is 1.95. The Morgan fingerprint density at radius 3 is 3.00 bits per heavy atom. The topological polar surface area (TPSA) is 50.9 Å². The Hall–Kier alpha value is -0.900. The Kier molecular flexibility index (Phi) is 2.82. The van der Waals surface area contributed by atoms with E-state index in [0.717, 1.165) is 12.4 Å². The first-order valence-corrected chi connectivity index (χ1v) is 5.36. The van der Waals surface area contributed by atoms with Crippen molar-refractivity contribution in [1.29, 1.82) is 0 Å². The first-order chi connectivity index (χ1) is 6.81. The lowest BCUT2D eigenvalue weighted by atomic mass is 9.80. The number of hydrogen-bond acceptors (Lipinski definition) is 3. The quantitative estimate of drug-likeness (QED) is 0.779. The highest BCUT2D eigenvalue weighted by Gasteiger charge is 2.26. The molecule has 0 saturated heterocycles. The molecule has 4 heteroatoms. The van der Waals surface area contributed by atoms with Crippen LogP contribution in [0.25, 0.3) is 0 Å². The molecule has 1 aromatic rings. The zero-order valence-electron chi connectivity index (χ0n) is 8.56. The van der Waals surface area contributed by atoms with Gasteiger partial charge in [0, 0.05) is 13.0 Å². The Morgan fingerprint density at radius 2 is 2.43 bits per heavy atom. The summed E-state index contributed by atoms with van der Waals surface area (Å²) in [6.45, 7) is 2.86. The van der Waals surface area contributed by atoms with Crippen LogP contribution in [0.5, 0.6) is 0 Å². The second-order valence-corrected chi connectivity index (χ2v) is 3.95. The van der Waals surface area contributed by atoms with Gasteiger partial charge in [0.05, 0.1) is 6.10 Å². The van der Waals surface area contributed by atoms with E-state index in [1.165, 1.54) is 19.3 Å². The largest absolute Gasteiger partial charge is 0.392 e. The van der Waals surface area contributed by atoms with E-state index in [-0.39, 0.29) is 6.10 Å². The molecule has 2 rings (SSSR count). The number of rotatable bonds is 4. The van der Waals surface area contributed by atoms with E-state index in [0.29, 0.717) is 12.3 Å². The molecule has 0 radical (unpaired) electrons. The molecule has 1 N–H and O–H groups in total. The predicted octanol–water partition coefficient (Wildman–Crippen LogP) is 1.00. The minimum atomic E-state index is -0.224. The van der Waals surface area contributed by atoms with Gasteiger partial charge in [-0.05, 0) is 25.7 Å². The van der Waals surface area contributed by atoms with Crippen LogP contribution in [-0.4, -0.2) is 26.0 Å². The zero-order valence-corrected chi connectivity index (χ0v) is 8.56. The number of aromatic nitrogens is 3. The standard InChI is InChI=1S/C10H17N3O/c1-2-13-10(11-7-12-13)6-9(14)8-4-3-5-8/h7-9,14H,2-6H2,1H3. The number of aliphatic hydroxyl groups excluding tert-OH is 1. The van der Waals surface area contributed by atoms with Crippen LogP contribution in [0.2, 0.25) is 0 Å². The molecule has 1 unspecified atom stereocenters. The highest BCUT2D eigenvalue weighted by Crippen LogP contribution is 2.30. The summed E-state index contributed by atoms with van der Waals surface area (Å²) in [5, 5.41) is 14.0. The summed E-state index contributed by atoms with van der Waals surface area (Å²) in [6, 6.07) is 0. The fraction of sp³-hybridized carbons (Fsp3) is 0.800. The molecular formula is C10H17N3O. The van der Waals surface area contributed by atoms with Gasteiger partial charge in [0.25, 0.3) is 0 Å². The maximum atomic E-state index is 9.88. The van der Waals surface area contributed by atoms with Gasteiger partial charge >= 0.3 is 0 Å². The second-order valence-electron chi connectivity index (χ2n) is 3.95. The van der Waals surface area contributed by atoms with Crippen LogP contribution in [0.15, 0.2) is 6.33 Å². The first kappa shape index (κ1) is 9.65. The molecule has 14 heavy (non-hydrogen) atoms. The average molecular weight is 195 g/mol. The van der Waals surface area contributed by atoms with Crippen LogP contribution in [0, 0.1) is 5.92 Å². The van der Waals surface area contributed by atoms with Gasteiger partial charge in [-0.3, -0.25) is 4.68 Å². The summed E-state index contributed by atoms with van der Waals surface area (Å²) in [7, 11) is 0. The van der Waals surface area contributed by atoms with E-state index in [4.69, 9.17) is 0 Å². The highest BCUT2D eigenvalue weighted by atomic mass is 16.3. The molecule has 0 amide bonds. The van der Waals surface area contributed by atoms with Gasteiger partial charge in [0.2, 0.25) is 0 Å². The van der Waals surface area contributed by atoms with Gasteiger partial charge in [-0.25, -0.2) is 4.98 Å². The molecule has 0 spiro atoms. The van der Waals surface area contributed by atoms with Crippen LogP contribution in [0.1, 0.15) is 32.0 Å². The molecule has 78 valence electrons. The van der Waals surface area contributed by atoms with Crippen molar-refractivity contribution in [3.63, 3.8) is 0 Å². The molecule has 0 aromatic carbocycles. The monoisotopic (exact) mass is 195 g/mol. The molecule has 0 bridgehead atoms. The van der Waals surface area contributed by atoms with Crippen molar-refractivity contribution in [3.8, 4) is 0 Å². The van der Waals surface area contributed by atoms with E-state index >= 15 is 0 Å². The zero-order chi connectivity index (χ0) is 9.97. The summed E-state index contributed by atoms with van der Waals surface area (Å²) in [5.74, 6) is 1.41. The molecule has 1 saturated carbocycles. The lowest BCUT2D eigenvalue weighted by molar-refractivity contribution is 0.0605. The highest BCUT2D eigenvalue weighted by molar-refractivity contribution is 4.90. The Morgan fingerprint density at radius 1 is 1.64 bits per heavy atom. The molecule has 4 nitrogen and oxygen atoms in total. The van der Waals surface area contributed by atoms with E-state index < -0.39 is 0 Å². The van der Waals surface area contributed by atoms with E-state index in [1.54, 1.807) is 6.33 Å². The molecule has 0 aliphatic heterocycles. The van der Waals surface area contributed by atoms with Crippen molar-refractivity contribution in [2.75, 3.05) is 0 Å². The lowest BCUT2D eigenvalue weighted by Gasteiger charge is -2.29. The number of aliphatic hydroxyl groups is 1. The summed E-state index contributed by atoms with van der Waals surface area (Å²) in [4.78, 5) is 4.16. The molecule has 1 aliphatic rings. The van der Waals surface area contributed by atoms with Crippen molar-refractivity contribution in [2.45, 2.75) is 45.3 Å². The van der Waals surface area contributed by atoms with Gasteiger partial charge in [0.1, 0.15) is 12.2 Å². The maximum absolute atomic E-state index is 9.88. The summed E-state index contributed by atoms with van der Waals surface area (Å²) >= 11 is 0. The normalized spacial score (nSPS) is 19.3. The molecule has 1 heterocycles. The van der Waals surface area contributed by atoms with Crippen LogP contribution in [0.4, 0.5) is 0 Å². The van der Waals surface area contributed by atoms with Crippen molar-refractivity contribution in [3.05, 3.63) is 12.2 Å². The summed E-state index contributed by atoms with van der Waals surface area (Å²) in [5.41, 5.74) is 0. The number of hydrogen-bond donors (Lipinski definition) is 1. The molecule has 1 fully saturated rings. The SMILES string of the molecule is CCn1ncnc1CC(O)C1CCC1. The van der Waals surface area contributed by atoms with Gasteiger partial charge in [-0.2, -0.15) is 5.10 Å². The number of aryl methyl sites for hydroxylation is 1. The van der Waals surface area contributed by atoms with Gasteiger partial charge < -0.3 is 5.11 Å². The molecular weight excluding hydrogens is 178 g/mol. The van der Waals surface area contributed by atoms with Crippen LogP contribution in [0.3, 0.4) is 0 Å². The van der Waals surface area contributed by atoms with Crippen LogP contribution in [-0.2, 0) is 13.0 Å². The third-order valence-corrected chi connectivity index (χ3v) is 3.08. The molecule has 1 aromatic heterocycles. The third kappa shape index (κ3) is 1.80. The van der Waals surface area contributed by atoms with Crippen LogP contribution >= 0.6 is 0 Å². The first-order valence-electron chi connectivity index (χ1n) is 5.36. The van der Waals surface area contributed by atoms with E-state index in [2.05, 4.69) is 10.1 Å². The maximum Gasteiger partial charge on any atom is 0.138 e. The summed E-state index contributed by atoms with van der Waals surface area (Å²) in [6.07, 6.45) is 5.59. The smallest absolute Gasteiger partial charge is 0.138 e. The van der Waals surface area contributed by atoms with E-state index in [1.807, 2.05) is 11.6 Å². The van der Waals surface area contributed by atoms with Crippen molar-refractivity contribution in [1.82, 2.24) is 14.8 Å². The average Bonchev–Trinajstić information content (AvgIpc) is 2.48. The Bertz CT molecular complexity index is 293. The third-order valence-electron chi connectivity index (χ3n) is 3.08. The van der Waals surface area contributed by atoms with Gasteiger partial charge in [-0.1, -0.05) is 6.42 Å². The number of nitrogens with zero attached hydrogens (tertiary/aromatic N) is 3. The molecule has 1 aliphatic carbocycles. The molecule has 1 atom stereocenters. The summed E-state index contributed by atoms with van der Waals surface area (Å²) < 4.78 is 1.85. The van der Waals surface area contributed by atoms with E-state index in [9.17, 15) is 5.11 Å². The van der Waals surface area contributed by atoms with Crippen molar-refractivity contribution < 1.29 is 5.11 Å². The second kappa shape index (κ2) is 4.09. The van der Waals surface area contributed by atoms with Crippen molar-refractivity contribution >= 4 is 0 Å². The minimum Gasteiger partial charge on any atom is -0.392 e. The minimum absolute atomic E-state index is 0.224. The van der Waals surface area contributed by atoms with Crippen molar-refractivity contribution in [2.24, 2.45) is 5.92 Å². The van der Waals surface area contributed by atoms with Crippen LogP contribution < -0.4 is 0 Å². The fourth-order valence-corrected chi connectivity index (χ4v) is 1.89. The van der Waals surface area contributed by atoms with Gasteiger partial charge in [0.15, 0.2) is 0 Å². The van der Waals surface area contributed by atoms with Gasteiger partial charge in [-0.15, -0.1) is 0 Å². The predicted molar refractivity (Wildman–Crippen MR) is 52.7 cm³/mol. The lowest BCUT2D eigenvalue weighted by Crippen LogP contribution is -2.29. The Labute approximate surface area is 84.0 Å². The fourth-order valence-electron chi connectivity index (χ4n) is 1.89.